The maximum absolute atomic E-state index is 12.7. The van der Waals surface area contributed by atoms with Crippen LogP contribution >= 0.6 is 0 Å². The second-order valence-corrected chi connectivity index (χ2v) is 6.38. The number of aliphatic hydroxyl groups excluding tert-OH is 1. The molecule has 0 bridgehead atoms. The molecular formula is C18H22N4O5. The summed E-state index contributed by atoms with van der Waals surface area (Å²) in [6, 6.07) is 1.86. The minimum Gasteiger partial charge on any atom is -0.466 e. The third kappa shape index (κ3) is 3.64. The quantitative estimate of drug-likeness (QED) is 0.655. The summed E-state index contributed by atoms with van der Waals surface area (Å²) < 4.78 is 13.4. The average Bonchev–Trinajstić information content (AvgIpc) is 3.19. The highest BCUT2D eigenvalue weighted by molar-refractivity contribution is 5.92. The highest BCUT2D eigenvalue weighted by Crippen LogP contribution is 2.25. The summed E-state index contributed by atoms with van der Waals surface area (Å²) in [6.45, 7) is 3.80. The van der Waals surface area contributed by atoms with Crippen LogP contribution in [0.5, 0.6) is 0 Å². The number of ether oxygens (including phenoxy) is 1. The summed E-state index contributed by atoms with van der Waals surface area (Å²) >= 11 is 0. The van der Waals surface area contributed by atoms with Gasteiger partial charge in [0.25, 0.3) is 11.5 Å². The van der Waals surface area contributed by atoms with Crippen LogP contribution in [0.1, 0.15) is 22.0 Å². The molecular weight excluding hydrogens is 352 g/mol. The van der Waals surface area contributed by atoms with E-state index in [1.165, 1.54) is 22.3 Å². The lowest BCUT2D eigenvalue weighted by Crippen LogP contribution is -2.34. The first-order valence-corrected chi connectivity index (χ1v) is 8.43. The Hall–Kier alpha value is -2.91. The van der Waals surface area contributed by atoms with Crippen LogP contribution in [0.25, 0.3) is 16.9 Å². The molecule has 0 saturated heterocycles. The number of furan rings is 1. The maximum Gasteiger partial charge on any atom is 0.294 e. The van der Waals surface area contributed by atoms with Crippen molar-refractivity contribution in [1.29, 1.82) is 0 Å². The van der Waals surface area contributed by atoms with Gasteiger partial charge < -0.3 is 24.1 Å². The van der Waals surface area contributed by atoms with E-state index in [9.17, 15) is 14.7 Å². The second-order valence-electron chi connectivity index (χ2n) is 6.38. The molecule has 3 aromatic rings. The van der Waals surface area contributed by atoms with Crippen LogP contribution in [-0.4, -0.2) is 51.3 Å². The Morgan fingerprint density at radius 3 is 2.78 bits per heavy atom. The van der Waals surface area contributed by atoms with Gasteiger partial charge in [0, 0.05) is 38.7 Å². The predicted octanol–water partition coefficient (Wildman–Crippen LogP) is 0.647. The van der Waals surface area contributed by atoms with Crippen molar-refractivity contribution in [3.63, 3.8) is 0 Å². The molecule has 3 aromatic heterocycles. The van der Waals surface area contributed by atoms with Crippen molar-refractivity contribution in [2.24, 2.45) is 7.05 Å². The normalized spacial score (nSPS) is 12.5. The lowest BCUT2D eigenvalue weighted by atomic mass is 10.2. The number of nitrogens with one attached hydrogen (secondary N) is 1. The molecule has 0 aliphatic rings. The molecule has 144 valence electrons. The van der Waals surface area contributed by atoms with Crippen LogP contribution in [0.2, 0.25) is 0 Å². The maximum atomic E-state index is 12.7. The largest absolute Gasteiger partial charge is 0.466 e. The van der Waals surface area contributed by atoms with Crippen molar-refractivity contribution >= 4 is 11.6 Å². The standard InChI is InChI=1S/C18H22N4O5/c1-10-5-13(11(2)27-10)15-8-22-7-14(20-16(22)18(25)21(15)3)17(24)19-6-12(23)9-26-4/h5,7-8,12,23H,6,9H2,1-4H3,(H,19,24)/t12-/m1/s1. The van der Waals surface area contributed by atoms with Gasteiger partial charge in [0.05, 0.1) is 18.4 Å². The number of rotatable bonds is 6. The first-order chi connectivity index (χ1) is 12.8. The number of methoxy groups -OCH3 is 1. The van der Waals surface area contributed by atoms with E-state index in [0.717, 1.165) is 11.3 Å². The van der Waals surface area contributed by atoms with E-state index < -0.39 is 12.0 Å². The van der Waals surface area contributed by atoms with Gasteiger partial charge in [0.2, 0.25) is 5.65 Å². The number of hydrogen-bond acceptors (Lipinski definition) is 6. The Kier molecular flexibility index (Phi) is 5.15. The van der Waals surface area contributed by atoms with E-state index in [1.807, 2.05) is 19.9 Å². The van der Waals surface area contributed by atoms with Crippen molar-refractivity contribution in [1.82, 2.24) is 19.3 Å². The van der Waals surface area contributed by atoms with Gasteiger partial charge in [-0.3, -0.25) is 14.0 Å². The van der Waals surface area contributed by atoms with Crippen LogP contribution in [0.15, 0.2) is 27.7 Å². The Balaban J connectivity index is 1.96. The summed E-state index contributed by atoms with van der Waals surface area (Å²) in [4.78, 5) is 29.1. The molecule has 3 rings (SSSR count). The number of carbonyl (C=O) groups is 1. The second kappa shape index (κ2) is 7.37. The lowest BCUT2D eigenvalue weighted by Gasteiger charge is -2.09. The van der Waals surface area contributed by atoms with Gasteiger partial charge in [-0.2, -0.15) is 0 Å². The lowest BCUT2D eigenvalue weighted by molar-refractivity contribution is 0.0609. The van der Waals surface area contributed by atoms with Gasteiger partial charge in [0.15, 0.2) is 0 Å². The van der Waals surface area contributed by atoms with Gasteiger partial charge in [-0.1, -0.05) is 0 Å². The Morgan fingerprint density at radius 1 is 1.41 bits per heavy atom. The molecule has 3 heterocycles. The number of aliphatic hydroxyl groups is 1. The number of amides is 1. The summed E-state index contributed by atoms with van der Waals surface area (Å²) in [7, 11) is 3.11. The SMILES string of the molecule is COC[C@H](O)CNC(=O)c1cn2cc(-c3cc(C)oc3C)n(C)c(=O)c2n1. The smallest absolute Gasteiger partial charge is 0.294 e. The Bertz CT molecular complexity index is 1050. The van der Waals surface area contributed by atoms with E-state index in [1.54, 1.807) is 13.2 Å². The van der Waals surface area contributed by atoms with Gasteiger partial charge in [-0.25, -0.2) is 4.98 Å². The van der Waals surface area contributed by atoms with Gasteiger partial charge >= 0.3 is 0 Å². The topological polar surface area (TPSA) is 111 Å². The molecule has 0 fully saturated rings. The van der Waals surface area contributed by atoms with Crippen molar-refractivity contribution in [2.75, 3.05) is 20.3 Å². The molecule has 1 atom stereocenters. The van der Waals surface area contributed by atoms with Crippen molar-refractivity contribution in [3.8, 4) is 11.3 Å². The van der Waals surface area contributed by atoms with E-state index in [4.69, 9.17) is 9.15 Å². The predicted molar refractivity (Wildman–Crippen MR) is 97.8 cm³/mol. The summed E-state index contributed by atoms with van der Waals surface area (Å²) in [6.07, 6.45) is 2.40. The number of aromatic nitrogens is 3. The molecule has 0 spiro atoms. The highest BCUT2D eigenvalue weighted by Gasteiger charge is 2.18. The molecule has 0 saturated carbocycles. The molecule has 2 N–H and O–H groups in total. The number of aryl methyl sites for hydroxylation is 2. The number of imidazole rings is 1. The monoisotopic (exact) mass is 374 g/mol. The first-order valence-electron chi connectivity index (χ1n) is 8.43. The summed E-state index contributed by atoms with van der Waals surface area (Å²) in [5.74, 6) is 0.968. The van der Waals surface area contributed by atoms with Crippen LogP contribution in [0, 0.1) is 13.8 Å². The van der Waals surface area contributed by atoms with Crippen molar-refractivity contribution in [2.45, 2.75) is 20.0 Å². The van der Waals surface area contributed by atoms with E-state index in [0.29, 0.717) is 11.5 Å². The summed E-state index contributed by atoms with van der Waals surface area (Å²) in [5.41, 5.74) is 1.36. The Morgan fingerprint density at radius 2 is 2.15 bits per heavy atom. The Labute approximate surface area is 155 Å². The first kappa shape index (κ1) is 18.9. The zero-order valence-electron chi connectivity index (χ0n) is 15.6. The molecule has 0 aromatic carbocycles. The highest BCUT2D eigenvalue weighted by atomic mass is 16.5. The fraction of sp³-hybridized carbons (Fsp3) is 0.389. The number of hydrogen-bond donors (Lipinski definition) is 2. The third-order valence-corrected chi connectivity index (χ3v) is 4.26. The zero-order chi connectivity index (χ0) is 19.7. The van der Waals surface area contributed by atoms with Gasteiger partial charge in [-0.05, 0) is 19.9 Å². The minimum absolute atomic E-state index is 0.0251. The van der Waals surface area contributed by atoms with Crippen molar-refractivity contribution in [3.05, 3.63) is 46.0 Å². The fourth-order valence-corrected chi connectivity index (χ4v) is 2.93. The fourth-order valence-electron chi connectivity index (χ4n) is 2.93. The molecule has 0 aliphatic carbocycles. The number of nitrogens with zero attached hydrogens (tertiary/aromatic N) is 3. The summed E-state index contributed by atoms with van der Waals surface area (Å²) in [5, 5.41) is 12.2. The van der Waals surface area contributed by atoms with Gasteiger partial charge in [-0.15, -0.1) is 0 Å². The molecule has 0 radical (unpaired) electrons. The molecule has 0 aliphatic heterocycles. The minimum atomic E-state index is -0.817. The van der Waals surface area contributed by atoms with E-state index in [2.05, 4.69) is 10.3 Å². The van der Waals surface area contributed by atoms with Crippen LogP contribution in [-0.2, 0) is 11.8 Å². The molecule has 0 unspecified atom stereocenters. The van der Waals surface area contributed by atoms with Crippen molar-refractivity contribution < 1.29 is 19.1 Å². The molecule has 1 amide bonds. The van der Waals surface area contributed by atoms with Gasteiger partial charge in [0.1, 0.15) is 17.2 Å². The van der Waals surface area contributed by atoms with Crippen LogP contribution in [0.4, 0.5) is 0 Å². The zero-order valence-corrected chi connectivity index (χ0v) is 15.6. The van der Waals surface area contributed by atoms with Crippen LogP contribution in [0.3, 0.4) is 0 Å². The van der Waals surface area contributed by atoms with E-state index >= 15 is 0 Å². The molecule has 9 heteroatoms. The number of fused-ring (bicyclic) bond motifs is 1. The van der Waals surface area contributed by atoms with Crippen LogP contribution < -0.4 is 10.9 Å². The molecule has 27 heavy (non-hydrogen) atoms. The number of carbonyl (C=O) groups excluding carboxylic acids is 1. The molecule has 9 nitrogen and oxygen atoms in total. The average molecular weight is 374 g/mol. The third-order valence-electron chi connectivity index (χ3n) is 4.26. The van der Waals surface area contributed by atoms with E-state index in [-0.39, 0.29) is 30.1 Å².